The van der Waals surface area contributed by atoms with Crippen LogP contribution in [0.1, 0.15) is 68.1 Å². The fourth-order valence-corrected chi connectivity index (χ4v) is 6.03. The fraction of sp³-hybridized carbons (Fsp3) is 0.467. The number of carbonyl (C=O) groups is 1. The van der Waals surface area contributed by atoms with E-state index in [-0.39, 0.29) is 10.3 Å². The number of rotatable bonds is 10. The van der Waals surface area contributed by atoms with E-state index in [1.54, 1.807) is 18.1 Å². The maximum Gasteiger partial charge on any atom is 0.338 e. The average Bonchev–Trinajstić information content (AvgIpc) is 3.27. The highest BCUT2D eigenvalue weighted by molar-refractivity contribution is 8.00. The minimum atomic E-state index is -1.01. The molecule has 0 spiro atoms. The fourth-order valence-electron chi connectivity index (χ4n) is 4.98. The van der Waals surface area contributed by atoms with Crippen molar-refractivity contribution in [2.75, 3.05) is 29.9 Å². The molecule has 3 N–H and O–H groups in total. The summed E-state index contributed by atoms with van der Waals surface area (Å²) in [5.41, 5.74) is 2.99. The summed E-state index contributed by atoms with van der Waals surface area (Å²) in [5, 5.41) is 20.8. The van der Waals surface area contributed by atoms with Gasteiger partial charge in [0.2, 0.25) is 5.95 Å². The van der Waals surface area contributed by atoms with E-state index >= 15 is 0 Å². The van der Waals surface area contributed by atoms with Crippen molar-refractivity contribution in [3.8, 4) is 5.75 Å². The van der Waals surface area contributed by atoms with Gasteiger partial charge in [-0.2, -0.15) is 5.10 Å². The lowest BCUT2D eigenvalue weighted by molar-refractivity contribution is 0.0696. The topological polar surface area (TPSA) is 142 Å². The van der Waals surface area contributed by atoms with Crippen LogP contribution in [0, 0.1) is 19.8 Å². The van der Waals surface area contributed by atoms with Crippen molar-refractivity contribution in [2.45, 2.75) is 69.9 Å². The van der Waals surface area contributed by atoms with Gasteiger partial charge in [-0.05, 0) is 51.5 Å². The van der Waals surface area contributed by atoms with Crippen molar-refractivity contribution < 1.29 is 14.6 Å². The molecule has 1 aliphatic heterocycles. The highest BCUT2D eigenvalue weighted by Gasteiger charge is 2.22. The van der Waals surface area contributed by atoms with Gasteiger partial charge in [-0.1, -0.05) is 20.8 Å². The van der Waals surface area contributed by atoms with Gasteiger partial charge in [-0.3, -0.25) is 5.10 Å². The predicted molar refractivity (Wildman–Crippen MR) is 165 cm³/mol. The van der Waals surface area contributed by atoms with Gasteiger partial charge >= 0.3 is 5.97 Å². The first-order valence-electron chi connectivity index (χ1n) is 14.3. The van der Waals surface area contributed by atoms with Gasteiger partial charge in [0.25, 0.3) is 0 Å². The molecule has 0 bridgehead atoms. The van der Waals surface area contributed by atoms with E-state index in [0.29, 0.717) is 24.3 Å². The number of aromatic amines is 1. The highest BCUT2D eigenvalue weighted by Crippen LogP contribution is 2.41. The highest BCUT2D eigenvalue weighted by atomic mass is 32.2. The molecule has 1 fully saturated rings. The number of aromatic carboxylic acids is 1. The summed E-state index contributed by atoms with van der Waals surface area (Å²) in [6, 6.07) is 4.14. The van der Waals surface area contributed by atoms with E-state index in [4.69, 9.17) is 9.84 Å². The van der Waals surface area contributed by atoms with Gasteiger partial charge in [0, 0.05) is 52.9 Å². The minimum absolute atomic E-state index is 0.00343. The standard InChI is InChI=1S/C30H38N8O3S/c1-18-19(2)36-37-26(18)35-27-22-13-25(42-30(3,4)5)24(14-23(22)33-17-34-27)41-12-6-7-20-8-10-38(11-9-20)29-31-15-21(16-32-29)28(39)40/h13-17,20H,6-12H2,1-5H3,(H,39,40)(H2,33,34,35,36,37). The molecule has 1 aliphatic rings. The number of H-pyrrole nitrogens is 1. The molecule has 0 radical (unpaired) electrons. The van der Waals surface area contributed by atoms with E-state index in [1.807, 2.05) is 19.9 Å². The van der Waals surface area contributed by atoms with Crippen molar-refractivity contribution in [1.82, 2.24) is 30.1 Å². The Morgan fingerprint density at radius 2 is 1.86 bits per heavy atom. The monoisotopic (exact) mass is 590 g/mol. The molecule has 0 atom stereocenters. The number of benzene rings is 1. The molecule has 0 unspecified atom stereocenters. The van der Waals surface area contributed by atoms with Crippen molar-refractivity contribution >= 4 is 46.2 Å². The number of ether oxygens (including phenoxy) is 1. The first-order chi connectivity index (χ1) is 20.1. The number of hydrogen-bond acceptors (Lipinski definition) is 10. The van der Waals surface area contributed by atoms with Crippen LogP contribution >= 0.6 is 11.8 Å². The lowest BCUT2D eigenvalue weighted by Gasteiger charge is -2.32. The van der Waals surface area contributed by atoms with Crippen LogP contribution in [0.4, 0.5) is 17.6 Å². The van der Waals surface area contributed by atoms with Gasteiger partial charge in [-0.25, -0.2) is 24.7 Å². The molecule has 1 saturated heterocycles. The number of piperidine rings is 1. The third-order valence-electron chi connectivity index (χ3n) is 7.40. The summed E-state index contributed by atoms with van der Waals surface area (Å²) < 4.78 is 6.38. The third kappa shape index (κ3) is 7.10. The summed E-state index contributed by atoms with van der Waals surface area (Å²) in [4.78, 5) is 31.8. The molecule has 0 amide bonds. The number of carboxylic acids is 1. The number of nitrogens with zero attached hydrogens (tertiary/aromatic N) is 6. The Hall–Kier alpha value is -3.93. The zero-order valence-corrected chi connectivity index (χ0v) is 25.6. The van der Waals surface area contributed by atoms with Crippen LogP contribution in [0.15, 0.2) is 35.7 Å². The number of fused-ring (bicyclic) bond motifs is 1. The SMILES string of the molecule is Cc1[nH]nc(Nc2ncnc3cc(OCCCC4CCN(c5ncc(C(=O)O)cn5)CC4)c(SC(C)(C)C)cc23)c1C. The first kappa shape index (κ1) is 29.6. The van der Waals surface area contributed by atoms with Crippen molar-refractivity contribution in [2.24, 2.45) is 5.92 Å². The third-order valence-corrected chi connectivity index (χ3v) is 8.56. The zero-order valence-electron chi connectivity index (χ0n) is 24.8. The average molecular weight is 591 g/mol. The van der Waals surface area contributed by atoms with Gasteiger partial charge in [0.15, 0.2) is 5.82 Å². The van der Waals surface area contributed by atoms with Gasteiger partial charge < -0.3 is 20.1 Å². The second-order valence-electron chi connectivity index (χ2n) is 11.7. The van der Waals surface area contributed by atoms with Crippen molar-refractivity contribution in [3.63, 3.8) is 0 Å². The Morgan fingerprint density at radius 3 is 2.50 bits per heavy atom. The number of nitrogens with one attached hydrogen (secondary N) is 2. The lowest BCUT2D eigenvalue weighted by Crippen LogP contribution is -2.35. The summed E-state index contributed by atoms with van der Waals surface area (Å²) in [7, 11) is 0. The molecule has 0 aliphatic carbocycles. The van der Waals surface area contributed by atoms with Crippen LogP contribution in [0.3, 0.4) is 0 Å². The largest absolute Gasteiger partial charge is 0.492 e. The summed E-state index contributed by atoms with van der Waals surface area (Å²) in [6.07, 6.45) is 8.45. The van der Waals surface area contributed by atoms with Crippen LogP contribution < -0.4 is 15.0 Å². The Morgan fingerprint density at radius 1 is 1.12 bits per heavy atom. The molecule has 3 aromatic heterocycles. The van der Waals surface area contributed by atoms with Crippen LogP contribution in [-0.4, -0.2) is 65.7 Å². The molecular weight excluding hydrogens is 552 g/mol. The predicted octanol–water partition coefficient (Wildman–Crippen LogP) is 6.17. The Kier molecular flexibility index (Phi) is 8.81. The van der Waals surface area contributed by atoms with Crippen LogP contribution in [-0.2, 0) is 0 Å². The van der Waals surface area contributed by atoms with Gasteiger partial charge in [-0.15, -0.1) is 11.8 Å². The molecule has 4 aromatic rings. The summed E-state index contributed by atoms with van der Waals surface area (Å²) in [6.45, 7) is 13.0. The van der Waals surface area contributed by atoms with E-state index in [2.05, 4.69) is 67.2 Å². The quantitative estimate of drug-likeness (QED) is 0.144. The normalized spacial score (nSPS) is 14.4. The van der Waals surface area contributed by atoms with E-state index < -0.39 is 5.97 Å². The number of thioether (sulfide) groups is 1. The van der Waals surface area contributed by atoms with Crippen LogP contribution in [0.5, 0.6) is 5.75 Å². The van der Waals surface area contributed by atoms with E-state index in [1.165, 1.54) is 12.4 Å². The maximum absolute atomic E-state index is 11.1. The van der Waals surface area contributed by atoms with Crippen molar-refractivity contribution in [1.29, 1.82) is 0 Å². The Bertz CT molecular complexity index is 1540. The molecule has 42 heavy (non-hydrogen) atoms. The number of aryl methyl sites for hydroxylation is 1. The molecular formula is C30H38N8O3S. The molecule has 4 heterocycles. The number of aromatic nitrogens is 6. The Balaban J connectivity index is 1.21. The molecule has 0 saturated carbocycles. The van der Waals surface area contributed by atoms with Crippen LogP contribution in [0.2, 0.25) is 0 Å². The van der Waals surface area contributed by atoms with E-state index in [9.17, 15) is 4.79 Å². The molecule has 12 heteroatoms. The summed E-state index contributed by atoms with van der Waals surface area (Å²) >= 11 is 1.77. The smallest absolute Gasteiger partial charge is 0.338 e. The van der Waals surface area contributed by atoms with Gasteiger partial charge in [0.1, 0.15) is 17.9 Å². The van der Waals surface area contributed by atoms with Gasteiger partial charge in [0.05, 0.1) is 22.6 Å². The maximum atomic E-state index is 11.1. The molecule has 5 rings (SSSR count). The zero-order chi connectivity index (χ0) is 29.9. The number of anilines is 3. The lowest BCUT2D eigenvalue weighted by atomic mass is 9.92. The first-order valence-corrected chi connectivity index (χ1v) is 15.1. The number of carboxylic acid groups (broad SMARTS) is 1. The van der Waals surface area contributed by atoms with Crippen LogP contribution in [0.25, 0.3) is 10.9 Å². The molecule has 11 nitrogen and oxygen atoms in total. The Labute approximate surface area is 249 Å². The van der Waals surface area contributed by atoms with Crippen molar-refractivity contribution in [3.05, 3.63) is 47.7 Å². The molecule has 1 aromatic carbocycles. The van der Waals surface area contributed by atoms with E-state index in [0.717, 1.165) is 77.4 Å². The summed E-state index contributed by atoms with van der Waals surface area (Å²) in [5.74, 6) is 2.51. The second kappa shape index (κ2) is 12.5. The molecule has 222 valence electrons. The number of hydrogen-bond donors (Lipinski definition) is 3. The minimum Gasteiger partial charge on any atom is -0.492 e. The second-order valence-corrected chi connectivity index (χ2v) is 13.6.